The van der Waals surface area contributed by atoms with Crippen molar-refractivity contribution in [2.75, 3.05) is 33.2 Å². The quantitative estimate of drug-likeness (QED) is 0.687. The van der Waals surface area contributed by atoms with Crippen LogP contribution in [0, 0.1) is 5.92 Å². The van der Waals surface area contributed by atoms with Crippen LogP contribution in [0.3, 0.4) is 0 Å². The van der Waals surface area contributed by atoms with Crippen molar-refractivity contribution < 1.29 is 0 Å². The van der Waals surface area contributed by atoms with Crippen LogP contribution in [0.2, 0.25) is 0 Å². The smallest absolute Gasteiger partial charge is 0.0109 e. The second-order valence-electron chi connectivity index (χ2n) is 5.43. The van der Waals surface area contributed by atoms with Gasteiger partial charge in [0.25, 0.3) is 0 Å². The van der Waals surface area contributed by atoms with E-state index in [2.05, 4.69) is 37.6 Å². The summed E-state index contributed by atoms with van der Waals surface area (Å²) < 4.78 is 0. The van der Waals surface area contributed by atoms with E-state index in [0.29, 0.717) is 0 Å². The molecule has 1 saturated carbocycles. The molecular weight excluding hydrogens is 196 g/mol. The van der Waals surface area contributed by atoms with Crippen molar-refractivity contribution in [2.45, 2.75) is 52.5 Å². The Kier molecular flexibility index (Phi) is 6.37. The fourth-order valence-electron chi connectivity index (χ4n) is 2.82. The van der Waals surface area contributed by atoms with E-state index < -0.39 is 0 Å². The van der Waals surface area contributed by atoms with Gasteiger partial charge in [0.15, 0.2) is 0 Å². The number of hydrogen-bond donors (Lipinski definition) is 0. The number of nitrogens with zero attached hydrogens (tertiary/aromatic N) is 2. The standard InChI is InChI=1S/C14H30N2/c1-5-16(6-2)11-10-15(4)14-9-7-8-13(3)12-14/h13-14H,5-12H2,1-4H3. The summed E-state index contributed by atoms with van der Waals surface area (Å²) in [5.74, 6) is 0.939. The summed E-state index contributed by atoms with van der Waals surface area (Å²) in [6, 6.07) is 0.847. The van der Waals surface area contributed by atoms with Crippen LogP contribution in [0.5, 0.6) is 0 Å². The molecule has 0 spiro atoms. The van der Waals surface area contributed by atoms with Crippen molar-refractivity contribution in [3.63, 3.8) is 0 Å². The summed E-state index contributed by atoms with van der Waals surface area (Å²) in [7, 11) is 2.31. The fraction of sp³-hybridized carbons (Fsp3) is 1.00. The maximum absolute atomic E-state index is 2.59. The van der Waals surface area contributed by atoms with Crippen molar-refractivity contribution in [3.05, 3.63) is 0 Å². The van der Waals surface area contributed by atoms with E-state index in [9.17, 15) is 0 Å². The van der Waals surface area contributed by atoms with E-state index in [1.165, 1.54) is 51.9 Å². The third-order valence-electron chi connectivity index (χ3n) is 4.20. The zero-order chi connectivity index (χ0) is 12.0. The predicted molar refractivity (Wildman–Crippen MR) is 71.8 cm³/mol. The predicted octanol–water partition coefficient (Wildman–Crippen LogP) is 2.84. The average molecular weight is 226 g/mol. The van der Waals surface area contributed by atoms with Gasteiger partial charge in [0.05, 0.1) is 0 Å². The Morgan fingerprint density at radius 2 is 1.75 bits per heavy atom. The normalized spacial score (nSPS) is 26.6. The highest BCUT2D eigenvalue weighted by Gasteiger charge is 2.22. The van der Waals surface area contributed by atoms with Crippen LogP contribution in [0.15, 0.2) is 0 Å². The molecule has 0 aromatic carbocycles. The third kappa shape index (κ3) is 4.42. The molecule has 2 atom stereocenters. The van der Waals surface area contributed by atoms with Gasteiger partial charge in [0.1, 0.15) is 0 Å². The van der Waals surface area contributed by atoms with Gasteiger partial charge in [-0.1, -0.05) is 33.6 Å². The molecule has 0 aromatic rings. The zero-order valence-corrected chi connectivity index (χ0v) is 11.7. The van der Waals surface area contributed by atoms with Gasteiger partial charge in [0.2, 0.25) is 0 Å². The van der Waals surface area contributed by atoms with Gasteiger partial charge in [-0.2, -0.15) is 0 Å². The van der Waals surface area contributed by atoms with Crippen molar-refractivity contribution in [3.8, 4) is 0 Å². The molecule has 2 heteroatoms. The second-order valence-corrected chi connectivity index (χ2v) is 5.43. The first kappa shape index (κ1) is 14.0. The number of likely N-dealkylation sites (N-methyl/N-ethyl adjacent to an activating group) is 2. The molecule has 1 rings (SSSR count). The van der Waals surface area contributed by atoms with Crippen molar-refractivity contribution in [1.82, 2.24) is 9.80 Å². The lowest BCUT2D eigenvalue weighted by molar-refractivity contribution is 0.145. The lowest BCUT2D eigenvalue weighted by Crippen LogP contribution is -2.40. The van der Waals surface area contributed by atoms with Crippen LogP contribution in [0.25, 0.3) is 0 Å². The summed E-state index contributed by atoms with van der Waals surface area (Å²) in [5, 5.41) is 0. The van der Waals surface area contributed by atoms with E-state index in [-0.39, 0.29) is 0 Å². The van der Waals surface area contributed by atoms with Gasteiger partial charge in [-0.05, 0) is 38.9 Å². The Balaban J connectivity index is 2.25. The Bertz CT molecular complexity index is 178. The first-order valence-electron chi connectivity index (χ1n) is 7.09. The van der Waals surface area contributed by atoms with Crippen LogP contribution in [-0.4, -0.2) is 49.1 Å². The van der Waals surface area contributed by atoms with E-state index in [1.54, 1.807) is 0 Å². The van der Waals surface area contributed by atoms with E-state index in [4.69, 9.17) is 0 Å². The first-order valence-corrected chi connectivity index (χ1v) is 7.09. The van der Waals surface area contributed by atoms with Crippen LogP contribution in [0.4, 0.5) is 0 Å². The van der Waals surface area contributed by atoms with Gasteiger partial charge in [0, 0.05) is 19.1 Å². The Hall–Kier alpha value is -0.0800. The van der Waals surface area contributed by atoms with Crippen LogP contribution in [0.1, 0.15) is 46.5 Å². The third-order valence-corrected chi connectivity index (χ3v) is 4.20. The summed E-state index contributed by atoms with van der Waals surface area (Å²) in [6.45, 7) is 11.8. The molecule has 0 N–H and O–H groups in total. The highest BCUT2D eigenvalue weighted by Crippen LogP contribution is 2.26. The molecule has 0 aromatic heterocycles. The monoisotopic (exact) mass is 226 g/mol. The molecule has 16 heavy (non-hydrogen) atoms. The lowest BCUT2D eigenvalue weighted by Gasteiger charge is -2.35. The summed E-state index contributed by atoms with van der Waals surface area (Å²) in [5.41, 5.74) is 0. The maximum Gasteiger partial charge on any atom is 0.0109 e. The van der Waals surface area contributed by atoms with Gasteiger partial charge < -0.3 is 9.80 Å². The average Bonchev–Trinajstić information content (AvgIpc) is 2.30. The molecule has 0 radical (unpaired) electrons. The molecule has 0 bridgehead atoms. The summed E-state index contributed by atoms with van der Waals surface area (Å²) in [6.07, 6.45) is 5.70. The van der Waals surface area contributed by atoms with Gasteiger partial charge in [-0.3, -0.25) is 0 Å². The van der Waals surface area contributed by atoms with Crippen molar-refractivity contribution >= 4 is 0 Å². The molecule has 1 aliphatic rings. The zero-order valence-electron chi connectivity index (χ0n) is 11.7. The summed E-state index contributed by atoms with van der Waals surface area (Å²) in [4.78, 5) is 5.11. The topological polar surface area (TPSA) is 6.48 Å². The first-order chi connectivity index (χ1) is 7.67. The van der Waals surface area contributed by atoms with E-state index >= 15 is 0 Å². The molecule has 0 amide bonds. The Morgan fingerprint density at radius 3 is 2.31 bits per heavy atom. The van der Waals surface area contributed by atoms with Gasteiger partial charge >= 0.3 is 0 Å². The Labute approximate surface area is 102 Å². The molecule has 1 aliphatic carbocycles. The Morgan fingerprint density at radius 1 is 1.06 bits per heavy atom. The highest BCUT2D eigenvalue weighted by molar-refractivity contribution is 4.77. The SMILES string of the molecule is CCN(CC)CCN(C)C1CCCC(C)C1. The molecule has 0 saturated heterocycles. The lowest BCUT2D eigenvalue weighted by atomic mass is 9.86. The largest absolute Gasteiger partial charge is 0.303 e. The number of hydrogen-bond acceptors (Lipinski definition) is 2. The van der Waals surface area contributed by atoms with E-state index in [0.717, 1.165) is 12.0 Å². The molecule has 2 unspecified atom stereocenters. The molecule has 1 fully saturated rings. The van der Waals surface area contributed by atoms with Crippen LogP contribution >= 0.6 is 0 Å². The van der Waals surface area contributed by atoms with E-state index in [1.807, 2.05) is 0 Å². The number of rotatable bonds is 6. The molecule has 0 aliphatic heterocycles. The van der Waals surface area contributed by atoms with Crippen molar-refractivity contribution in [1.29, 1.82) is 0 Å². The second kappa shape index (κ2) is 7.29. The minimum absolute atomic E-state index is 0.847. The minimum atomic E-state index is 0.847. The molecular formula is C14H30N2. The minimum Gasteiger partial charge on any atom is -0.303 e. The molecule has 2 nitrogen and oxygen atoms in total. The molecule has 96 valence electrons. The van der Waals surface area contributed by atoms with Crippen LogP contribution < -0.4 is 0 Å². The van der Waals surface area contributed by atoms with Crippen molar-refractivity contribution in [2.24, 2.45) is 5.92 Å². The molecule has 0 heterocycles. The maximum atomic E-state index is 2.59. The highest BCUT2D eigenvalue weighted by atomic mass is 15.2. The summed E-state index contributed by atoms with van der Waals surface area (Å²) >= 11 is 0. The van der Waals surface area contributed by atoms with Gasteiger partial charge in [-0.25, -0.2) is 0 Å². The van der Waals surface area contributed by atoms with Crippen LogP contribution in [-0.2, 0) is 0 Å². The van der Waals surface area contributed by atoms with Gasteiger partial charge in [-0.15, -0.1) is 0 Å². The fourth-order valence-corrected chi connectivity index (χ4v) is 2.82.